The number of hydrogen-bond acceptors (Lipinski definition) is 4. The molecule has 1 aromatic carbocycles. The van der Waals surface area contributed by atoms with E-state index in [4.69, 9.17) is 11.1 Å². The highest BCUT2D eigenvalue weighted by Crippen LogP contribution is 2.30. The van der Waals surface area contributed by atoms with Gasteiger partial charge in [0.2, 0.25) is 0 Å². The third-order valence-electron chi connectivity index (χ3n) is 3.21. The van der Waals surface area contributed by atoms with Crippen LogP contribution in [-0.2, 0) is 0 Å². The van der Waals surface area contributed by atoms with Crippen LogP contribution in [0.5, 0.6) is 0 Å². The second-order valence-electron chi connectivity index (χ2n) is 4.49. The zero-order valence-electron chi connectivity index (χ0n) is 11.0. The van der Waals surface area contributed by atoms with E-state index in [0.717, 1.165) is 11.1 Å². The van der Waals surface area contributed by atoms with E-state index in [9.17, 15) is 4.39 Å². The molecular weight excluding hydrogens is 285 g/mol. The molecule has 0 aliphatic heterocycles. The van der Waals surface area contributed by atoms with Gasteiger partial charge in [-0.15, -0.1) is 0 Å². The smallest absolute Gasteiger partial charge is 0.133 e. The number of halogens is 1. The molecule has 3 aromatic rings. The molecule has 0 saturated heterocycles. The molecule has 2 heterocycles. The SMILES string of the molecule is N=C(c1ccccc1F)c1c(-c2ccsc2)ccnc1N. The number of thiophene rings is 1. The van der Waals surface area contributed by atoms with Gasteiger partial charge in [-0.2, -0.15) is 11.3 Å². The number of pyridine rings is 1. The molecule has 0 saturated carbocycles. The number of hydrogen-bond donors (Lipinski definition) is 2. The highest BCUT2D eigenvalue weighted by atomic mass is 32.1. The predicted molar refractivity (Wildman–Crippen MR) is 84.3 cm³/mol. The molecule has 5 heteroatoms. The van der Waals surface area contributed by atoms with Gasteiger partial charge in [-0.05, 0) is 46.2 Å². The fourth-order valence-electron chi connectivity index (χ4n) is 2.20. The topological polar surface area (TPSA) is 62.8 Å². The predicted octanol–water partition coefficient (Wildman–Crippen LogP) is 3.95. The third kappa shape index (κ3) is 2.43. The zero-order chi connectivity index (χ0) is 14.8. The molecule has 3 nitrogen and oxygen atoms in total. The molecule has 21 heavy (non-hydrogen) atoms. The third-order valence-corrected chi connectivity index (χ3v) is 3.89. The number of rotatable bonds is 3. The minimum Gasteiger partial charge on any atom is -0.383 e. The van der Waals surface area contributed by atoms with E-state index < -0.39 is 5.82 Å². The van der Waals surface area contributed by atoms with Gasteiger partial charge in [0.05, 0.1) is 11.3 Å². The molecular formula is C16H12FN3S. The summed E-state index contributed by atoms with van der Waals surface area (Å²) >= 11 is 1.55. The Kier molecular flexibility index (Phi) is 3.50. The number of benzene rings is 1. The Labute approximate surface area is 125 Å². The van der Waals surface area contributed by atoms with Gasteiger partial charge in [-0.25, -0.2) is 9.37 Å². The first-order chi connectivity index (χ1) is 10.2. The Morgan fingerprint density at radius 1 is 1.19 bits per heavy atom. The average Bonchev–Trinajstić information content (AvgIpc) is 3.01. The summed E-state index contributed by atoms with van der Waals surface area (Å²) in [5.41, 5.74) is 8.40. The monoisotopic (exact) mass is 297 g/mol. The maximum absolute atomic E-state index is 13.9. The van der Waals surface area contributed by atoms with Crippen molar-refractivity contribution in [3.05, 3.63) is 70.3 Å². The van der Waals surface area contributed by atoms with Gasteiger partial charge in [0.25, 0.3) is 0 Å². The van der Waals surface area contributed by atoms with Crippen molar-refractivity contribution in [1.29, 1.82) is 5.41 Å². The molecule has 0 radical (unpaired) electrons. The average molecular weight is 297 g/mol. The number of nitrogens with two attached hydrogens (primary N) is 1. The van der Waals surface area contributed by atoms with Crippen molar-refractivity contribution in [3.63, 3.8) is 0 Å². The Morgan fingerprint density at radius 2 is 2.00 bits per heavy atom. The minimum atomic E-state index is -0.443. The van der Waals surface area contributed by atoms with Crippen molar-refractivity contribution >= 4 is 22.9 Å². The van der Waals surface area contributed by atoms with Gasteiger partial charge in [-0.1, -0.05) is 12.1 Å². The van der Waals surface area contributed by atoms with Crippen LogP contribution < -0.4 is 5.73 Å². The summed E-state index contributed by atoms with van der Waals surface area (Å²) in [6.07, 6.45) is 1.60. The molecule has 0 unspecified atom stereocenters. The summed E-state index contributed by atoms with van der Waals surface area (Å²) in [4.78, 5) is 4.04. The van der Waals surface area contributed by atoms with Crippen LogP contribution in [0.1, 0.15) is 11.1 Å². The van der Waals surface area contributed by atoms with Gasteiger partial charge in [0.15, 0.2) is 0 Å². The van der Waals surface area contributed by atoms with Crippen LogP contribution in [0.2, 0.25) is 0 Å². The lowest BCUT2D eigenvalue weighted by molar-refractivity contribution is 0.625. The lowest BCUT2D eigenvalue weighted by atomic mass is 9.95. The lowest BCUT2D eigenvalue weighted by Crippen LogP contribution is -2.10. The summed E-state index contributed by atoms with van der Waals surface area (Å²) < 4.78 is 13.9. The molecule has 2 aromatic heterocycles. The first-order valence-corrected chi connectivity index (χ1v) is 7.23. The van der Waals surface area contributed by atoms with E-state index in [1.807, 2.05) is 16.8 Å². The van der Waals surface area contributed by atoms with E-state index in [-0.39, 0.29) is 17.1 Å². The lowest BCUT2D eigenvalue weighted by Gasteiger charge is -2.12. The van der Waals surface area contributed by atoms with E-state index in [0.29, 0.717) is 5.56 Å². The molecule has 0 amide bonds. The largest absolute Gasteiger partial charge is 0.383 e. The number of nitrogens with one attached hydrogen (secondary N) is 1. The standard InChI is InChI=1S/C16H12FN3S/c17-13-4-2-1-3-12(13)15(18)14-11(5-7-20-16(14)19)10-6-8-21-9-10/h1-9,18H,(H2,19,20). The molecule has 0 fully saturated rings. The molecule has 0 aliphatic carbocycles. The first kappa shape index (κ1) is 13.5. The number of nitrogens with zero attached hydrogens (tertiary/aromatic N) is 1. The van der Waals surface area contributed by atoms with Crippen molar-refractivity contribution in [3.8, 4) is 11.1 Å². The molecule has 0 atom stereocenters. The summed E-state index contributed by atoms with van der Waals surface area (Å²) in [6, 6.07) is 9.94. The summed E-state index contributed by atoms with van der Waals surface area (Å²) in [6.45, 7) is 0. The van der Waals surface area contributed by atoms with E-state index in [1.165, 1.54) is 6.07 Å². The normalized spacial score (nSPS) is 10.5. The summed E-state index contributed by atoms with van der Waals surface area (Å²) in [7, 11) is 0. The first-order valence-electron chi connectivity index (χ1n) is 6.29. The maximum Gasteiger partial charge on any atom is 0.133 e. The number of nitrogen functional groups attached to an aromatic ring is 1. The van der Waals surface area contributed by atoms with E-state index in [1.54, 1.807) is 41.8 Å². The van der Waals surface area contributed by atoms with Crippen molar-refractivity contribution in [2.45, 2.75) is 0 Å². The van der Waals surface area contributed by atoms with Crippen molar-refractivity contribution in [2.75, 3.05) is 5.73 Å². The summed E-state index contributed by atoms with van der Waals surface area (Å²) in [5, 5.41) is 12.3. The van der Waals surface area contributed by atoms with Crippen LogP contribution in [-0.4, -0.2) is 10.7 Å². The summed E-state index contributed by atoms with van der Waals surface area (Å²) in [5.74, 6) is -0.214. The highest BCUT2D eigenvalue weighted by molar-refractivity contribution is 7.08. The van der Waals surface area contributed by atoms with Crippen LogP contribution in [0, 0.1) is 11.2 Å². The number of aromatic nitrogens is 1. The maximum atomic E-state index is 13.9. The molecule has 3 rings (SSSR count). The van der Waals surface area contributed by atoms with Crippen molar-refractivity contribution in [2.24, 2.45) is 0 Å². The van der Waals surface area contributed by atoms with Crippen molar-refractivity contribution in [1.82, 2.24) is 4.98 Å². The van der Waals surface area contributed by atoms with Crippen LogP contribution in [0.15, 0.2) is 53.4 Å². The Bertz CT molecular complexity index is 797. The quantitative estimate of drug-likeness (QED) is 0.719. The second-order valence-corrected chi connectivity index (χ2v) is 5.27. The van der Waals surface area contributed by atoms with Gasteiger partial charge < -0.3 is 5.73 Å². The van der Waals surface area contributed by atoms with Gasteiger partial charge in [-0.3, -0.25) is 5.41 Å². The van der Waals surface area contributed by atoms with Crippen LogP contribution in [0.3, 0.4) is 0 Å². The van der Waals surface area contributed by atoms with E-state index >= 15 is 0 Å². The highest BCUT2D eigenvalue weighted by Gasteiger charge is 2.18. The molecule has 104 valence electrons. The minimum absolute atomic E-state index is 0.0416. The Morgan fingerprint density at radius 3 is 2.71 bits per heavy atom. The van der Waals surface area contributed by atoms with E-state index in [2.05, 4.69) is 4.98 Å². The van der Waals surface area contributed by atoms with Crippen LogP contribution in [0.25, 0.3) is 11.1 Å². The fourth-order valence-corrected chi connectivity index (χ4v) is 2.85. The Hall–Kier alpha value is -2.53. The molecule has 0 spiro atoms. The van der Waals surface area contributed by atoms with Gasteiger partial charge in [0, 0.05) is 11.8 Å². The van der Waals surface area contributed by atoms with Crippen LogP contribution in [0.4, 0.5) is 10.2 Å². The molecule has 0 bridgehead atoms. The second kappa shape index (κ2) is 5.46. The molecule has 0 aliphatic rings. The van der Waals surface area contributed by atoms with Crippen LogP contribution >= 0.6 is 11.3 Å². The fraction of sp³-hybridized carbons (Fsp3) is 0. The number of anilines is 1. The molecule has 3 N–H and O–H groups in total. The van der Waals surface area contributed by atoms with Crippen molar-refractivity contribution < 1.29 is 4.39 Å². The van der Waals surface area contributed by atoms with Gasteiger partial charge >= 0.3 is 0 Å². The Balaban J connectivity index is 2.19. The van der Waals surface area contributed by atoms with Gasteiger partial charge in [0.1, 0.15) is 11.6 Å². The zero-order valence-corrected chi connectivity index (χ0v) is 11.8.